The van der Waals surface area contributed by atoms with Gasteiger partial charge in [-0.1, -0.05) is 58.8 Å². The summed E-state index contributed by atoms with van der Waals surface area (Å²) in [5, 5.41) is 9.60. The molecule has 0 amide bonds. The Morgan fingerprint density at radius 1 is 1.05 bits per heavy atom. The minimum absolute atomic E-state index is 0.464. The Kier molecular flexibility index (Phi) is 8.98. The van der Waals surface area contributed by atoms with Crippen LogP contribution in [-0.4, -0.2) is 35.6 Å². The van der Waals surface area contributed by atoms with Gasteiger partial charge in [-0.3, -0.25) is 4.79 Å². The second-order valence-corrected chi connectivity index (χ2v) is 6.84. The predicted molar refractivity (Wildman–Crippen MR) is 88.6 cm³/mol. The molecule has 1 atom stereocenters. The number of carbonyl (C=O) groups is 1. The van der Waals surface area contributed by atoms with Crippen LogP contribution in [0.15, 0.2) is 0 Å². The molecule has 1 saturated heterocycles. The average molecular weight is 297 g/mol. The Morgan fingerprint density at radius 2 is 1.71 bits per heavy atom. The molecule has 3 heteroatoms. The second kappa shape index (κ2) is 10.2. The highest BCUT2D eigenvalue weighted by molar-refractivity contribution is 5.75. The average Bonchev–Trinajstić information content (AvgIpc) is 2.47. The van der Waals surface area contributed by atoms with E-state index < -0.39 is 11.4 Å². The molecular weight excluding hydrogens is 262 g/mol. The molecule has 1 unspecified atom stereocenters. The summed E-state index contributed by atoms with van der Waals surface area (Å²) in [6, 6.07) is 0. The first-order valence-electron chi connectivity index (χ1n) is 9.10. The molecule has 0 saturated carbocycles. The molecule has 1 N–H and O–H groups in total. The summed E-state index contributed by atoms with van der Waals surface area (Å²) in [4.78, 5) is 14.1. The summed E-state index contributed by atoms with van der Waals surface area (Å²) in [5.74, 6) is -0.575. The maximum Gasteiger partial charge on any atom is 0.310 e. The Balaban J connectivity index is 2.24. The van der Waals surface area contributed by atoms with Crippen LogP contribution in [0.25, 0.3) is 0 Å². The van der Waals surface area contributed by atoms with Crippen molar-refractivity contribution in [2.45, 2.75) is 84.5 Å². The fourth-order valence-corrected chi connectivity index (χ4v) is 3.67. The lowest BCUT2D eigenvalue weighted by atomic mass is 9.76. The number of unbranched alkanes of at least 4 members (excludes halogenated alkanes) is 6. The van der Waals surface area contributed by atoms with Crippen LogP contribution in [0.1, 0.15) is 84.5 Å². The van der Waals surface area contributed by atoms with Crippen LogP contribution in [0.5, 0.6) is 0 Å². The van der Waals surface area contributed by atoms with Gasteiger partial charge < -0.3 is 10.0 Å². The molecule has 0 aliphatic carbocycles. The van der Waals surface area contributed by atoms with Crippen molar-refractivity contribution in [2.24, 2.45) is 5.41 Å². The number of rotatable bonds is 11. The third kappa shape index (κ3) is 6.37. The third-order valence-corrected chi connectivity index (χ3v) is 4.92. The van der Waals surface area contributed by atoms with E-state index >= 15 is 0 Å². The first kappa shape index (κ1) is 18.5. The number of hydrogen-bond acceptors (Lipinski definition) is 2. The fourth-order valence-electron chi connectivity index (χ4n) is 3.67. The van der Waals surface area contributed by atoms with E-state index in [0.29, 0.717) is 0 Å². The van der Waals surface area contributed by atoms with Crippen molar-refractivity contribution in [3.05, 3.63) is 0 Å². The topological polar surface area (TPSA) is 40.5 Å². The third-order valence-electron chi connectivity index (χ3n) is 4.92. The number of carboxylic acid groups (broad SMARTS) is 1. The first-order chi connectivity index (χ1) is 10.1. The maximum absolute atomic E-state index is 11.7. The molecule has 1 aliphatic rings. The number of hydrogen-bond donors (Lipinski definition) is 1. The highest BCUT2D eigenvalue weighted by Crippen LogP contribution is 2.35. The lowest BCUT2D eigenvalue weighted by Crippen LogP contribution is -2.48. The molecule has 0 aromatic rings. The number of piperidine rings is 1. The highest BCUT2D eigenvalue weighted by atomic mass is 16.4. The van der Waals surface area contributed by atoms with Gasteiger partial charge in [0.2, 0.25) is 0 Å². The van der Waals surface area contributed by atoms with E-state index in [4.69, 9.17) is 0 Å². The molecule has 3 nitrogen and oxygen atoms in total. The molecular formula is C18H35NO2. The molecule has 1 aliphatic heterocycles. The van der Waals surface area contributed by atoms with E-state index in [1.807, 2.05) is 0 Å². The van der Waals surface area contributed by atoms with Crippen molar-refractivity contribution >= 4 is 5.97 Å². The van der Waals surface area contributed by atoms with Crippen LogP contribution >= 0.6 is 0 Å². The van der Waals surface area contributed by atoms with E-state index in [1.165, 1.54) is 44.9 Å². The van der Waals surface area contributed by atoms with Gasteiger partial charge in [-0.05, 0) is 38.8 Å². The smallest absolute Gasteiger partial charge is 0.310 e. The zero-order valence-corrected chi connectivity index (χ0v) is 14.2. The summed E-state index contributed by atoms with van der Waals surface area (Å²) >= 11 is 0. The van der Waals surface area contributed by atoms with E-state index in [0.717, 1.165) is 45.3 Å². The van der Waals surface area contributed by atoms with Gasteiger partial charge in [-0.15, -0.1) is 0 Å². The van der Waals surface area contributed by atoms with E-state index in [1.54, 1.807) is 0 Å². The molecule has 1 rings (SSSR count). The van der Waals surface area contributed by atoms with E-state index in [-0.39, 0.29) is 0 Å². The SMILES string of the molecule is CCCCCCCCCN1CCCC(CCC)(C(=O)O)C1. The largest absolute Gasteiger partial charge is 0.481 e. The molecule has 1 fully saturated rings. The van der Waals surface area contributed by atoms with Crippen LogP contribution in [0.2, 0.25) is 0 Å². The van der Waals surface area contributed by atoms with Gasteiger partial charge in [0.15, 0.2) is 0 Å². The van der Waals surface area contributed by atoms with Crippen molar-refractivity contribution in [2.75, 3.05) is 19.6 Å². The van der Waals surface area contributed by atoms with Crippen LogP contribution < -0.4 is 0 Å². The van der Waals surface area contributed by atoms with Crippen LogP contribution in [0.3, 0.4) is 0 Å². The predicted octanol–water partition coefficient (Wildman–Crippen LogP) is 4.70. The molecule has 0 spiro atoms. The minimum atomic E-state index is -0.575. The zero-order valence-electron chi connectivity index (χ0n) is 14.2. The fraction of sp³-hybridized carbons (Fsp3) is 0.944. The Morgan fingerprint density at radius 3 is 2.33 bits per heavy atom. The summed E-state index contributed by atoms with van der Waals surface area (Å²) in [5.41, 5.74) is -0.464. The van der Waals surface area contributed by atoms with Crippen LogP contribution in [0.4, 0.5) is 0 Å². The summed E-state index contributed by atoms with van der Waals surface area (Å²) < 4.78 is 0. The molecule has 0 radical (unpaired) electrons. The van der Waals surface area contributed by atoms with Crippen molar-refractivity contribution in [1.29, 1.82) is 0 Å². The Hall–Kier alpha value is -0.570. The number of nitrogens with zero attached hydrogens (tertiary/aromatic N) is 1. The summed E-state index contributed by atoms with van der Waals surface area (Å²) in [6.45, 7) is 7.30. The lowest BCUT2D eigenvalue weighted by molar-refractivity contribution is -0.153. The zero-order chi connectivity index (χ0) is 15.6. The van der Waals surface area contributed by atoms with Gasteiger partial charge in [0.05, 0.1) is 5.41 Å². The van der Waals surface area contributed by atoms with Gasteiger partial charge in [0.1, 0.15) is 0 Å². The lowest BCUT2D eigenvalue weighted by Gasteiger charge is -2.40. The summed E-state index contributed by atoms with van der Waals surface area (Å²) in [6.07, 6.45) is 13.0. The van der Waals surface area contributed by atoms with Crippen molar-refractivity contribution in [1.82, 2.24) is 4.90 Å². The molecule has 0 aromatic heterocycles. The molecule has 124 valence electrons. The van der Waals surface area contributed by atoms with Gasteiger partial charge >= 0.3 is 5.97 Å². The number of carboxylic acids is 1. The monoisotopic (exact) mass is 297 g/mol. The van der Waals surface area contributed by atoms with Gasteiger partial charge in [-0.25, -0.2) is 0 Å². The minimum Gasteiger partial charge on any atom is -0.481 e. The van der Waals surface area contributed by atoms with Crippen LogP contribution in [0, 0.1) is 5.41 Å². The Labute approximate surface area is 131 Å². The summed E-state index contributed by atoms with van der Waals surface area (Å²) in [7, 11) is 0. The first-order valence-corrected chi connectivity index (χ1v) is 9.10. The van der Waals surface area contributed by atoms with Crippen molar-refractivity contribution in [3.8, 4) is 0 Å². The van der Waals surface area contributed by atoms with Gasteiger partial charge in [-0.2, -0.15) is 0 Å². The van der Waals surface area contributed by atoms with Crippen molar-refractivity contribution in [3.63, 3.8) is 0 Å². The van der Waals surface area contributed by atoms with Gasteiger partial charge in [0.25, 0.3) is 0 Å². The van der Waals surface area contributed by atoms with Gasteiger partial charge in [0, 0.05) is 6.54 Å². The number of aliphatic carboxylic acids is 1. The second-order valence-electron chi connectivity index (χ2n) is 6.84. The Bertz CT molecular complexity index is 289. The normalized spacial score (nSPS) is 23.3. The standard InChI is InChI=1S/C18H35NO2/c1-3-5-6-7-8-9-10-14-19-15-11-13-18(16-19,12-4-2)17(20)21/h3-16H2,1-2H3,(H,20,21). The molecule has 0 aromatic carbocycles. The molecule has 0 bridgehead atoms. The highest BCUT2D eigenvalue weighted by Gasteiger charge is 2.41. The molecule has 1 heterocycles. The van der Waals surface area contributed by atoms with E-state index in [2.05, 4.69) is 18.7 Å². The van der Waals surface area contributed by atoms with Crippen LogP contribution in [-0.2, 0) is 4.79 Å². The quantitative estimate of drug-likeness (QED) is 0.562. The molecule has 21 heavy (non-hydrogen) atoms. The number of likely N-dealkylation sites (tertiary alicyclic amines) is 1. The van der Waals surface area contributed by atoms with Crippen molar-refractivity contribution < 1.29 is 9.90 Å². The maximum atomic E-state index is 11.7. The van der Waals surface area contributed by atoms with E-state index in [9.17, 15) is 9.90 Å².